The van der Waals surface area contributed by atoms with Crippen LogP contribution in [0, 0.1) is 5.92 Å². The normalized spacial score (nSPS) is 22.4. The molecular weight excluding hydrogens is 260 g/mol. The maximum Gasteiger partial charge on any atom is 0.0311 e. The Bertz CT molecular complexity index is 635. The van der Waals surface area contributed by atoms with E-state index in [1.165, 1.54) is 39.3 Å². The Balaban J connectivity index is 1.91. The van der Waals surface area contributed by atoms with Crippen LogP contribution in [-0.2, 0) is 6.42 Å². The molecule has 20 heavy (non-hydrogen) atoms. The van der Waals surface area contributed by atoms with Crippen molar-refractivity contribution in [1.82, 2.24) is 0 Å². The van der Waals surface area contributed by atoms with Crippen LogP contribution >= 0.6 is 11.3 Å². The zero-order valence-corrected chi connectivity index (χ0v) is 13.4. The molecule has 2 aliphatic carbocycles. The SMILES string of the molecule is C/C=C\C1CC(c2cc3c(s2)C=C(C)CC3)=CC=C1C. The second-order valence-corrected chi connectivity index (χ2v) is 7.01. The quantitative estimate of drug-likeness (QED) is 0.581. The van der Waals surface area contributed by atoms with Crippen LogP contribution in [0.2, 0.25) is 0 Å². The van der Waals surface area contributed by atoms with Crippen molar-refractivity contribution in [3.05, 3.63) is 56.8 Å². The Hall–Kier alpha value is -1.34. The molecule has 1 heterocycles. The van der Waals surface area contributed by atoms with E-state index in [9.17, 15) is 0 Å². The van der Waals surface area contributed by atoms with Crippen LogP contribution in [0.4, 0.5) is 0 Å². The molecule has 0 aromatic carbocycles. The molecule has 0 fully saturated rings. The van der Waals surface area contributed by atoms with Crippen molar-refractivity contribution in [3.8, 4) is 0 Å². The predicted molar refractivity (Wildman–Crippen MR) is 90.9 cm³/mol. The van der Waals surface area contributed by atoms with Gasteiger partial charge in [-0.1, -0.05) is 35.5 Å². The molecule has 104 valence electrons. The third-order valence-corrected chi connectivity index (χ3v) is 5.52. The molecule has 0 bridgehead atoms. The Morgan fingerprint density at radius 2 is 2.05 bits per heavy atom. The van der Waals surface area contributed by atoms with Gasteiger partial charge in [-0.25, -0.2) is 0 Å². The summed E-state index contributed by atoms with van der Waals surface area (Å²) in [6, 6.07) is 2.43. The average molecular weight is 282 g/mol. The van der Waals surface area contributed by atoms with E-state index in [1.807, 2.05) is 11.3 Å². The van der Waals surface area contributed by atoms with Crippen LogP contribution in [0.3, 0.4) is 0 Å². The van der Waals surface area contributed by atoms with Gasteiger partial charge in [-0.15, -0.1) is 11.3 Å². The second-order valence-electron chi connectivity index (χ2n) is 5.93. The number of rotatable bonds is 2. The Kier molecular flexibility index (Phi) is 3.80. The number of hydrogen-bond donors (Lipinski definition) is 0. The lowest BCUT2D eigenvalue weighted by Crippen LogP contribution is -2.03. The van der Waals surface area contributed by atoms with Gasteiger partial charge < -0.3 is 0 Å². The fraction of sp³-hybridized carbons (Fsp3) is 0.368. The molecule has 0 radical (unpaired) electrons. The van der Waals surface area contributed by atoms with Gasteiger partial charge in [0.2, 0.25) is 0 Å². The molecule has 1 aromatic heterocycles. The zero-order valence-electron chi connectivity index (χ0n) is 12.6. The number of aryl methyl sites for hydroxylation is 1. The third kappa shape index (κ3) is 2.60. The van der Waals surface area contributed by atoms with Crippen molar-refractivity contribution in [2.24, 2.45) is 5.92 Å². The topological polar surface area (TPSA) is 0 Å². The molecule has 3 rings (SSSR count). The first-order valence-corrected chi connectivity index (χ1v) is 8.29. The number of hydrogen-bond acceptors (Lipinski definition) is 1. The molecule has 0 saturated heterocycles. The smallest absolute Gasteiger partial charge is 0.0311 e. The minimum absolute atomic E-state index is 0.580. The highest BCUT2D eigenvalue weighted by Gasteiger charge is 2.19. The molecular formula is C19H22S. The van der Waals surface area contributed by atoms with Crippen LogP contribution in [0.15, 0.2) is 41.5 Å². The highest BCUT2D eigenvalue weighted by Crippen LogP contribution is 2.39. The first-order chi connectivity index (χ1) is 9.67. The van der Waals surface area contributed by atoms with Gasteiger partial charge in [-0.3, -0.25) is 0 Å². The van der Waals surface area contributed by atoms with Gasteiger partial charge in [0.25, 0.3) is 0 Å². The summed E-state index contributed by atoms with van der Waals surface area (Å²) >= 11 is 1.97. The van der Waals surface area contributed by atoms with Gasteiger partial charge in [0.15, 0.2) is 0 Å². The summed E-state index contributed by atoms with van der Waals surface area (Å²) in [7, 11) is 0. The standard InChI is InChI=1S/C19H22S/c1-4-5-15-11-16(9-7-14(15)3)19-12-17-8-6-13(2)10-18(17)20-19/h4-5,7,9-10,12,15H,6,8,11H2,1-3H3/b5-4-. The van der Waals surface area contributed by atoms with Crippen molar-refractivity contribution in [3.63, 3.8) is 0 Å². The highest BCUT2D eigenvalue weighted by atomic mass is 32.1. The Labute approximate surface area is 126 Å². The monoisotopic (exact) mass is 282 g/mol. The largest absolute Gasteiger partial charge is 0.136 e. The van der Waals surface area contributed by atoms with Crippen molar-refractivity contribution in [2.75, 3.05) is 0 Å². The van der Waals surface area contributed by atoms with Crippen LogP contribution < -0.4 is 0 Å². The van der Waals surface area contributed by atoms with E-state index >= 15 is 0 Å². The third-order valence-electron chi connectivity index (χ3n) is 4.32. The number of fused-ring (bicyclic) bond motifs is 1. The first-order valence-electron chi connectivity index (χ1n) is 7.48. The van der Waals surface area contributed by atoms with E-state index in [0.717, 1.165) is 6.42 Å². The molecule has 0 saturated carbocycles. The van der Waals surface area contributed by atoms with Gasteiger partial charge in [0.05, 0.1) is 0 Å². The van der Waals surface area contributed by atoms with Gasteiger partial charge in [-0.2, -0.15) is 0 Å². The van der Waals surface area contributed by atoms with Crippen LogP contribution in [0.1, 0.15) is 48.9 Å². The molecule has 2 aliphatic rings. The summed E-state index contributed by atoms with van der Waals surface area (Å²) in [5.41, 5.74) is 6.05. The Morgan fingerprint density at radius 1 is 1.20 bits per heavy atom. The fourth-order valence-electron chi connectivity index (χ4n) is 3.00. The number of allylic oxidation sites excluding steroid dienone is 7. The minimum Gasteiger partial charge on any atom is -0.136 e. The van der Waals surface area contributed by atoms with Gasteiger partial charge in [-0.05, 0) is 63.3 Å². The van der Waals surface area contributed by atoms with Crippen molar-refractivity contribution in [2.45, 2.75) is 40.0 Å². The molecule has 1 unspecified atom stereocenters. The number of thiophene rings is 1. The van der Waals surface area contributed by atoms with Crippen molar-refractivity contribution < 1.29 is 0 Å². The highest BCUT2D eigenvalue weighted by molar-refractivity contribution is 7.14. The van der Waals surface area contributed by atoms with Gasteiger partial charge >= 0.3 is 0 Å². The van der Waals surface area contributed by atoms with Crippen molar-refractivity contribution >= 4 is 23.0 Å². The van der Waals surface area contributed by atoms with Crippen molar-refractivity contribution in [1.29, 1.82) is 0 Å². The zero-order chi connectivity index (χ0) is 14.1. The van der Waals surface area contributed by atoms with Gasteiger partial charge in [0, 0.05) is 15.7 Å². The maximum absolute atomic E-state index is 2.43. The van der Waals surface area contributed by atoms with E-state index < -0.39 is 0 Å². The predicted octanol–water partition coefficient (Wildman–Crippen LogP) is 6.02. The summed E-state index contributed by atoms with van der Waals surface area (Å²) in [5.74, 6) is 0.580. The first kappa shape index (κ1) is 13.6. The molecule has 1 heteroatoms. The van der Waals surface area contributed by atoms with Crippen LogP contribution in [0.25, 0.3) is 11.6 Å². The molecule has 0 spiro atoms. The molecule has 0 N–H and O–H groups in total. The molecule has 0 amide bonds. The molecule has 1 aromatic rings. The van der Waals surface area contributed by atoms with Gasteiger partial charge in [0.1, 0.15) is 0 Å². The lowest BCUT2D eigenvalue weighted by molar-refractivity contribution is 0.777. The summed E-state index contributed by atoms with van der Waals surface area (Å²) in [5, 5.41) is 0. The molecule has 0 nitrogen and oxygen atoms in total. The van der Waals surface area contributed by atoms with Crippen LogP contribution in [0.5, 0.6) is 0 Å². The average Bonchev–Trinajstić information content (AvgIpc) is 2.84. The summed E-state index contributed by atoms with van der Waals surface area (Å²) in [6.45, 7) is 6.60. The molecule has 0 aliphatic heterocycles. The lowest BCUT2D eigenvalue weighted by Gasteiger charge is -2.19. The Morgan fingerprint density at radius 3 is 2.85 bits per heavy atom. The minimum atomic E-state index is 0.580. The summed E-state index contributed by atoms with van der Waals surface area (Å²) < 4.78 is 0. The van der Waals surface area contributed by atoms with E-state index in [0.29, 0.717) is 5.92 Å². The van der Waals surface area contributed by atoms with Crippen LogP contribution in [-0.4, -0.2) is 0 Å². The fourth-order valence-corrected chi connectivity index (χ4v) is 4.28. The van der Waals surface area contributed by atoms with E-state index in [-0.39, 0.29) is 0 Å². The lowest BCUT2D eigenvalue weighted by atomic mass is 9.87. The van der Waals surface area contributed by atoms with E-state index in [4.69, 9.17) is 0 Å². The molecule has 1 atom stereocenters. The van der Waals surface area contributed by atoms with E-state index in [2.05, 4.69) is 57.2 Å². The summed E-state index contributed by atoms with van der Waals surface area (Å²) in [6.07, 6.45) is 15.1. The maximum atomic E-state index is 2.43. The second kappa shape index (κ2) is 5.57. The summed E-state index contributed by atoms with van der Waals surface area (Å²) in [4.78, 5) is 2.96. The van der Waals surface area contributed by atoms with E-state index in [1.54, 1.807) is 5.56 Å².